The van der Waals surface area contributed by atoms with Crippen molar-refractivity contribution >= 4 is 5.95 Å². The molecule has 0 fully saturated rings. The lowest BCUT2D eigenvalue weighted by Crippen LogP contribution is -2.01. The molecule has 1 aromatic heterocycles. The van der Waals surface area contributed by atoms with E-state index in [-0.39, 0.29) is 18.4 Å². The van der Waals surface area contributed by atoms with Crippen LogP contribution in [-0.2, 0) is 6.61 Å². The quantitative estimate of drug-likeness (QED) is 0.866. The van der Waals surface area contributed by atoms with Gasteiger partial charge in [-0.2, -0.15) is 9.37 Å². The van der Waals surface area contributed by atoms with Crippen LogP contribution in [0.15, 0.2) is 30.5 Å². The van der Waals surface area contributed by atoms with E-state index >= 15 is 0 Å². The van der Waals surface area contributed by atoms with Gasteiger partial charge < -0.3 is 15.2 Å². The van der Waals surface area contributed by atoms with Crippen LogP contribution in [-0.4, -0.2) is 22.1 Å². The molecule has 0 unspecified atom stereocenters. The summed E-state index contributed by atoms with van der Waals surface area (Å²) in [6.07, 6.45) is 1.02. The summed E-state index contributed by atoms with van der Waals surface area (Å²) in [6, 6.07) is 6.81. The van der Waals surface area contributed by atoms with E-state index in [1.54, 1.807) is 31.3 Å². The van der Waals surface area contributed by atoms with Crippen LogP contribution in [0.2, 0.25) is 0 Å². The van der Waals surface area contributed by atoms with Crippen molar-refractivity contribution in [1.29, 1.82) is 0 Å². The number of hydrogen-bond donors (Lipinski definition) is 2. The van der Waals surface area contributed by atoms with E-state index in [4.69, 9.17) is 9.84 Å². The first-order chi connectivity index (χ1) is 8.74. The Labute approximate surface area is 103 Å². The van der Waals surface area contributed by atoms with Gasteiger partial charge >= 0.3 is 0 Å². The van der Waals surface area contributed by atoms with Crippen LogP contribution in [0.25, 0.3) is 0 Å². The number of para-hydroxylation sites is 1. The third kappa shape index (κ3) is 2.54. The molecule has 2 rings (SSSR count). The first-order valence-corrected chi connectivity index (χ1v) is 5.31. The number of aliphatic hydroxyl groups excluding tert-OH is 1. The molecule has 0 radical (unpaired) electrons. The van der Waals surface area contributed by atoms with Crippen molar-refractivity contribution in [2.24, 2.45) is 0 Å². The van der Waals surface area contributed by atoms with Crippen molar-refractivity contribution in [3.8, 4) is 11.6 Å². The number of nitrogens with zero attached hydrogens (tertiary/aromatic N) is 2. The first kappa shape index (κ1) is 12.3. The molecule has 5 nitrogen and oxygen atoms in total. The normalized spacial score (nSPS) is 10.2. The van der Waals surface area contributed by atoms with Crippen molar-refractivity contribution in [1.82, 2.24) is 9.97 Å². The SMILES string of the molecule is CNc1ncc(F)c(Oc2ccccc2CO)n1. The van der Waals surface area contributed by atoms with Gasteiger partial charge in [0.2, 0.25) is 11.8 Å². The molecule has 0 aliphatic heterocycles. The second-order valence-electron chi connectivity index (χ2n) is 3.46. The minimum absolute atomic E-state index is 0.185. The fourth-order valence-corrected chi connectivity index (χ4v) is 1.38. The Morgan fingerprint density at radius 1 is 1.39 bits per heavy atom. The monoisotopic (exact) mass is 249 g/mol. The highest BCUT2D eigenvalue weighted by Gasteiger charge is 2.11. The van der Waals surface area contributed by atoms with Crippen molar-refractivity contribution in [3.05, 3.63) is 41.8 Å². The van der Waals surface area contributed by atoms with E-state index in [0.29, 0.717) is 11.3 Å². The summed E-state index contributed by atoms with van der Waals surface area (Å²) in [6.45, 7) is -0.193. The van der Waals surface area contributed by atoms with Gasteiger partial charge in [0.25, 0.3) is 5.88 Å². The van der Waals surface area contributed by atoms with Gasteiger partial charge in [-0.25, -0.2) is 4.98 Å². The van der Waals surface area contributed by atoms with E-state index in [0.717, 1.165) is 6.20 Å². The summed E-state index contributed by atoms with van der Waals surface area (Å²) in [7, 11) is 1.62. The fourth-order valence-electron chi connectivity index (χ4n) is 1.38. The molecular formula is C12H12FN3O2. The average Bonchev–Trinajstić information content (AvgIpc) is 2.42. The highest BCUT2D eigenvalue weighted by molar-refractivity contribution is 5.37. The molecule has 6 heteroatoms. The summed E-state index contributed by atoms with van der Waals surface area (Å²) in [5, 5.41) is 11.8. The van der Waals surface area contributed by atoms with Gasteiger partial charge in [-0.1, -0.05) is 18.2 Å². The van der Waals surface area contributed by atoms with Crippen LogP contribution in [0.5, 0.6) is 11.6 Å². The Bertz CT molecular complexity index is 549. The largest absolute Gasteiger partial charge is 0.436 e. The summed E-state index contributed by atoms with van der Waals surface area (Å²) < 4.78 is 18.8. The van der Waals surface area contributed by atoms with Gasteiger partial charge in [0.05, 0.1) is 12.8 Å². The Kier molecular flexibility index (Phi) is 3.69. The van der Waals surface area contributed by atoms with Gasteiger partial charge in [-0.3, -0.25) is 0 Å². The van der Waals surface area contributed by atoms with E-state index in [1.165, 1.54) is 0 Å². The number of anilines is 1. The van der Waals surface area contributed by atoms with Crippen molar-refractivity contribution in [2.45, 2.75) is 6.61 Å². The zero-order chi connectivity index (χ0) is 13.0. The number of aliphatic hydroxyl groups is 1. The van der Waals surface area contributed by atoms with Gasteiger partial charge in [0, 0.05) is 12.6 Å². The molecule has 0 spiro atoms. The Balaban J connectivity index is 2.33. The molecule has 94 valence electrons. The predicted octanol–water partition coefficient (Wildman–Crippen LogP) is 1.94. The second kappa shape index (κ2) is 5.42. The molecule has 0 saturated carbocycles. The molecular weight excluding hydrogens is 237 g/mol. The average molecular weight is 249 g/mol. The molecule has 0 atom stereocenters. The third-order valence-electron chi connectivity index (χ3n) is 2.29. The molecule has 1 heterocycles. The number of hydrogen-bond acceptors (Lipinski definition) is 5. The van der Waals surface area contributed by atoms with Crippen LogP contribution < -0.4 is 10.1 Å². The van der Waals surface area contributed by atoms with E-state index in [1.807, 2.05) is 0 Å². The molecule has 0 aliphatic carbocycles. The smallest absolute Gasteiger partial charge is 0.260 e. The molecule has 0 bridgehead atoms. The lowest BCUT2D eigenvalue weighted by Gasteiger charge is -2.09. The lowest BCUT2D eigenvalue weighted by atomic mass is 10.2. The summed E-state index contributed by atoms with van der Waals surface area (Å²) >= 11 is 0. The number of nitrogens with one attached hydrogen (secondary N) is 1. The van der Waals surface area contributed by atoms with Crippen LogP contribution >= 0.6 is 0 Å². The predicted molar refractivity (Wildman–Crippen MR) is 64.0 cm³/mol. The van der Waals surface area contributed by atoms with Crippen molar-refractivity contribution in [3.63, 3.8) is 0 Å². The molecule has 2 aromatic rings. The number of halogens is 1. The highest BCUT2D eigenvalue weighted by Crippen LogP contribution is 2.26. The second-order valence-corrected chi connectivity index (χ2v) is 3.46. The van der Waals surface area contributed by atoms with Crippen LogP contribution in [0.1, 0.15) is 5.56 Å². The van der Waals surface area contributed by atoms with Crippen molar-refractivity contribution in [2.75, 3.05) is 12.4 Å². The maximum Gasteiger partial charge on any atom is 0.260 e. The molecule has 18 heavy (non-hydrogen) atoms. The van der Waals surface area contributed by atoms with Crippen LogP contribution in [0.4, 0.5) is 10.3 Å². The number of ether oxygens (including phenoxy) is 1. The maximum absolute atomic E-state index is 13.5. The molecule has 0 saturated heterocycles. The van der Waals surface area contributed by atoms with Crippen molar-refractivity contribution < 1.29 is 14.2 Å². The van der Waals surface area contributed by atoms with Crippen LogP contribution in [0, 0.1) is 5.82 Å². The summed E-state index contributed by atoms with van der Waals surface area (Å²) in [5.74, 6) is -0.232. The Morgan fingerprint density at radius 3 is 2.89 bits per heavy atom. The number of rotatable bonds is 4. The fraction of sp³-hybridized carbons (Fsp3) is 0.167. The Hall–Kier alpha value is -2.21. The Morgan fingerprint density at radius 2 is 2.17 bits per heavy atom. The van der Waals surface area contributed by atoms with E-state index in [9.17, 15) is 4.39 Å². The summed E-state index contributed by atoms with van der Waals surface area (Å²) in [5.41, 5.74) is 0.557. The lowest BCUT2D eigenvalue weighted by molar-refractivity contribution is 0.275. The van der Waals surface area contributed by atoms with Gasteiger partial charge in [0.1, 0.15) is 5.75 Å². The highest BCUT2D eigenvalue weighted by atomic mass is 19.1. The molecule has 0 amide bonds. The topological polar surface area (TPSA) is 67.3 Å². The molecule has 2 N–H and O–H groups in total. The molecule has 1 aromatic carbocycles. The standard InChI is InChI=1S/C12H12FN3O2/c1-14-12-15-6-9(13)11(16-12)18-10-5-3-2-4-8(10)7-17/h2-6,17H,7H2,1H3,(H,14,15,16). The minimum Gasteiger partial charge on any atom is -0.436 e. The third-order valence-corrected chi connectivity index (χ3v) is 2.29. The van der Waals surface area contributed by atoms with Crippen LogP contribution in [0.3, 0.4) is 0 Å². The number of aromatic nitrogens is 2. The number of benzene rings is 1. The van der Waals surface area contributed by atoms with Gasteiger partial charge in [-0.05, 0) is 6.07 Å². The zero-order valence-electron chi connectivity index (χ0n) is 9.72. The summed E-state index contributed by atoms with van der Waals surface area (Å²) in [4.78, 5) is 7.58. The molecule has 0 aliphatic rings. The van der Waals surface area contributed by atoms with Gasteiger partial charge in [-0.15, -0.1) is 0 Å². The van der Waals surface area contributed by atoms with E-state index < -0.39 is 5.82 Å². The van der Waals surface area contributed by atoms with Gasteiger partial charge in [0.15, 0.2) is 0 Å². The maximum atomic E-state index is 13.5. The minimum atomic E-state index is -0.665. The first-order valence-electron chi connectivity index (χ1n) is 5.31. The zero-order valence-corrected chi connectivity index (χ0v) is 9.72. The van der Waals surface area contributed by atoms with E-state index in [2.05, 4.69) is 15.3 Å².